The van der Waals surface area contributed by atoms with Gasteiger partial charge in [0.25, 0.3) is 0 Å². The molecule has 2 nitrogen and oxygen atoms in total. The Hall–Kier alpha value is -6.38. The molecule has 0 spiro atoms. The molecule has 2 heteroatoms. The Bertz CT molecular complexity index is 2830. The van der Waals surface area contributed by atoms with Gasteiger partial charge in [0, 0.05) is 33.2 Å². The third-order valence-electron chi connectivity index (χ3n) is 9.80. The highest BCUT2D eigenvalue weighted by atomic mass is 16.3. The first-order chi connectivity index (χ1) is 23.8. The molecule has 0 aliphatic carbocycles. The molecule has 0 fully saturated rings. The minimum absolute atomic E-state index is 0.914. The van der Waals surface area contributed by atoms with Crippen LogP contribution in [0.2, 0.25) is 0 Å². The number of anilines is 3. The lowest BCUT2D eigenvalue weighted by atomic mass is 9.96. The van der Waals surface area contributed by atoms with E-state index >= 15 is 0 Å². The highest BCUT2D eigenvalue weighted by molar-refractivity contribution is 6.27. The van der Waals surface area contributed by atoms with Crippen LogP contribution in [0, 0.1) is 0 Å². The molecule has 0 aliphatic rings. The van der Waals surface area contributed by atoms with Crippen molar-refractivity contribution in [2.45, 2.75) is 0 Å². The molecular formula is C46H29NO. The van der Waals surface area contributed by atoms with E-state index in [1.54, 1.807) is 0 Å². The van der Waals surface area contributed by atoms with E-state index in [1.165, 1.54) is 59.6 Å². The zero-order chi connectivity index (χ0) is 31.6. The summed E-state index contributed by atoms with van der Waals surface area (Å²) in [7, 11) is 0. The number of hydrogen-bond donors (Lipinski definition) is 0. The Morgan fingerprint density at radius 1 is 0.312 bits per heavy atom. The van der Waals surface area contributed by atoms with Gasteiger partial charge in [0.05, 0.1) is 0 Å². The fourth-order valence-corrected chi connectivity index (χ4v) is 7.51. The lowest BCUT2D eigenvalue weighted by Gasteiger charge is -2.27. The summed E-state index contributed by atoms with van der Waals surface area (Å²) in [6.45, 7) is 0. The largest absolute Gasteiger partial charge is 0.456 e. The quantitative estimate of drug-likeness (QED) is 0.184. The van der Waals surface area contributed by atoms with E-state index in [2.05, 4.69) is 175 Å². The number of nitrogens with zero attached hydrogens (tertiary/aromatic N) is 1. The standard InChI is InChI=1S/C46H29NO/c1-2-8-30(9-3-1)31-18-22-36(23-19-31)47(37-25-26-40-35(28-37)17-15-32-10-4-5-11-39(32)40)38-24-20-33-14-16-34-21-27-44-46(45(34)42(33)29-38)41-12-6-7-13-43(41)48-44/h1-29H. The highest BCUT2D eigenvalue weighted by Gasteiger charge is 2.17. The summed E-state index contributed by atoms with van der Waals surface area (Å²) in [5, 5.41) is 12.2. The van der Waals surface area contributed by atoms with Crippen molar-refractivity contribution >= 4 is 82.1 Å². The zero-order valence-corrected chi connectivity index (χ0v) is 26.1. The molecule has 224 valence electrons. The van der Waals surface area contributed by atoms with Crippen molar-refractivity contribution in [3.8, 4) is 11.1 Å². The summed E-state index contributed by atoms with van der Waals surface area (Å²) in [4.78, 5) is 2.38. The number of rotatable bonds is 4. The van der Waals surface area contributed by atoms with E-state index in [4.69, 9.17) is 4.42 Å². The smallest absolute Gasteiger partial charge is 0.136 e. The molecule has 48 heavy (non-hydrogen) atoms. The second-order valence-corrected chi connectivity index (χ2v) is 12.5. The van der Waals surface area contributed by atoms with Crippen molar-refractivity contribution in [1.82, 2.24) is 0 Å². The summed E-state index contributed by atoms with van der Waals surface area (Å²) in [6.07, 6.45) is 0. The van der Waals surface area contributed by atoms with E-state index in [9.17, 15) is 0 Å². The number of furan rings is 1. The van der Waals surface area contributed by atoms with Gasteiger partial charge >= 0.3 is 0 Å². The van der Waals surface area contributed by atoms with E-state index < -0.39 is 0 Å². The molecule has 0 saturated heterocycles. The maximum absolute atomic E-state index is 6.33. The first-order valence-electron chi connectivity index (χ1n) is 16.4. The van der Waals surface area contributed by atoms with Gasteiger partial charge in [0.15, 0.2) is 0 Å². The number of fused-ring (bicyclic) bond motifs is 10. The van der Waals surface area contributed by atoms with Crippen LogP contribution in [0.25, 0.3) is 76.2 Å². The van der Waals surface area contributed by atoms with E-state index in [0.717, 1.165) is 33.6 Å². The minimum Gasteiger partial charge on any atom is -0.456 e. The maximum atomic E-state index is 6.33. The van der Waals surface area contributed by atoms with Gasteiger partial charge in [-0.05, 0) is 97.4 Å². The van der Waals surface area contributed by atoms with Crippen molar-refractivity contribution in [3.63, 3.8) is 0 Å². The molecule has 0 N–H and O–H groups in total. The van der Waals surface area contributed by atoms with Gasteiger partial charge in [-0.3, -0.25) is 0 Å². The van der Waals surface area contributed by atoms with Crippen molar-refractivity contribution in [3.05, 3.63) is 176 Å². The average Bonchev–Trinajstić information content (AvgIpc) is 3.54. The fourth-order valence-electron chi connectivity index (χ4n) is 7.51. The summed E-state index contributed by atoms with van der Waals surface area (Å²) in [6, 6.07) is 63.4. The molecule has 0 unspecified atom stereocenters. The molecule has 9 aromatic carbocycles. The molecule has 0 radical (unpaired) electrons. The van der Waals surface area contributed by atoms with Gasteiger partial charge in [-0.2, -0.15) is 0 Å². The molecule has 0 aliphatic heterocycles. The molecule has 1 heterocycles. The van der Waals surface area contributed by atoms with Crippen LogP contribution in [0.5, 0.6) is 0 Å². The minimum atomic E-state index is 0.914. The van der Waals surface area contributed by atoms with Gasteiger partial charge in [0.2, 0.25) is 0 Å². The van der Waals surface area contributed by atoms with E-state index in [1.807, 2.05) is 6.07 Å². The predicted octanol–water partition coefficient (Wildman–Crippen LogP) is 13.3. The number of hydrogen-bond acceptors (Lipinski definition) is 2. The van der Waals surface area contributed by atoms with Crippen molar-refractivity contribution < 1.29 is 4.42 Å². The summed E-state index contributed by atoms with van der Waals surface area (Å²) in [5.41, 5.74) is 7.56. The van der Waals surface area contributed by atoms with Crippen LogP contribution in [0.15, 0.2) is 180 Å². The first kappa shape index (κ1) is 26.8. The van der Waals surface area contributed by atoms with Crippen LogP contribution in [-0.2, 0) is 0 Å². The molecule has 0 amide bonds. The molecule has 10 rings (SSSR count). The Kier molecular flexibility index (Phi) is 5.91. The highest BCUT2D eigenvalue weighted by Crippen LogP contribution is 2.43. The Morgan fingerprint density at radius 2 is 0.896 bits per heavy atom. The topological polar surface area (TPSA) is 16.4 Å². The van der Waals surface area contributed by atoms with Crippen molar-refractivity contribution in [2.24, 2.45) is 0 Å². The Morgan fingerprint density at radius 3 is 1.77 bits per heavy atom. The third-order valence-corrected chi connectivity index (χ3v) is 9.80. The lowest BCUT2D eigenvalue weighted by molar-refractivity contribution is 0.669. The summed E-state index contributed by atoms with van der Waals surface area (Å²) >= 11 is 0. The molecule has 0 bridgehead atoms. The first-order valence-corrected chi connectivity index (χ1v) is 16.4. The van der Waals surface area contributed by atoms with E-state index in [-0.39, 0.29) is 0 Å². The van der Waals surface area contributed by atoms with Gasteiger partial charge in [0.1, 0.15) is 11.2 Å². The van der Waals surface area contributed by atoms with Gasteiger partial charge in [-0.1, -0.05) is 127 Å². The number of para-hydroxylation sites is 1. The zero-order valence-electron chi connectivity index (χ0n) is 26.1. The van der Waals surface area contributed by atoms with Crippen LogP contribution in [0.3, 0.4) is 0 Å². The second kappa shape index (κ2) is 10.6. The van der Waals surface area contributed by atoms with Crippen molar-refractivity contribution in [2.75, 3.05) is 4.90 Å². The third kappa shape index (κ3) is 4.20. The van der Waals surface area contributed by atoms with Crippen molar-refractivity contribution in [1.29, 1.82) is 0 Å². The van der Waals surface area contributed by atoms with Crippen LogP contribution in [0.4, 0.5) is 17.1 Å². The fraction of sp³-hybridized carbons (Fsp3) is 0. The summed E-state index contributed by atoms with van der Waals surface area (Å²) < 4.78 is 6.33. The van der Waals surface area contributed by atoms with E-state index in [0.29, 0.717) is 0 Å². The van der Waals surface area contributed by atoms with Crippen LogP contribution >= 0.6 is 0 Å². The van der Waals surface area contributed by atoms with Gasteiger partial charge in [-0.15, -0.1) is 0 Å². The second-order valence-electron chi connectivity index (χ2n) is 12.5. The van der Waals surface area contributed by atoms with Gasteiger partial charge in [-0.25, -0.2) is 0 Å². The predicted molar refractivity (Wildman–Crippen MR) is 204 cm³/mol. The van der Waals surface area contributed by atoms with Crippen LogP contribution in [-0.4, -0.2) is 0 Å². The number of benzene rings is 9. The van der Waals surface area contributed by atoms with Crippen LogP contribution in [0.1, 0.15) is 0 Å². The monoisotopic (exact) mass is 611 g/mol. The molecule has 0 saturated carbocycles. The normalized spacial score (nSPS) is 11.8. The molecular weight excluding hydrogens is 583 g/mol. The Balaban J connectivity index is 1.22. The van der Waals surface area contributed by atoms with Gasteiger partial charge < -0.3 is 9.32 Å². The molecule has 1 aromatic heterocycles. The summed E-state index contributed by atoms with van der Waals surface area (Å²) in [5.74, 6) is 0. The SMILES string of the molecule is c1ccc(-c2ccc(N(c3ccc4c(ccc5ccccc54)c3)c3ccc4ccc5ccc6oc7ccccc7c6c5c4c3)cc2)cc1. The average molecular weight is 612 g/mol. The molecule has 10 aromatic rings. The maximum Gasteiger partial charge on any atom is 0.136 e. The van der Waals surface area contributed by atoms with Crippen LogP contribution < -0.4 is 4.90 Å². The lowest BCUT2D eigenvalue weighted by Crippen LogP contribution is -2.10. The molecule has 0 atom stereocenters. The Labute approximate surface area is 277 Å².